The number of hydrogen-bond donors (Lipinski definition) is 19. The van der Waals surface area contributed by atoms with Crippen molar-refractivity contribution in [2.75, 3.05) is 39.4 Å². The molecule has 0 aliphatic rings. The van der Waals surface area contributed by atoms with E-state index in [1.54, 1.807) is 41.5 Å². The molecule has 83 heavy (non-hydrogen) atoms. The fraction of sp³-hybridized carbons (Fsp3) is 0.745. The predicted molar refractivity (Wildman–Crippen MR) is 299 cm³/mol. The Kier molecular flexibility index (Phi) is 36.0. The van der Waals surface area contributed by atoms with Gasteiger partial charge in [0, 0.05) is 0 Å². The number of nitrogens with one attached hydrogen (secondary N) is 12. The highest BCUT2D eigenvalue weighted by Gasteiger charge is 2.36. The molecule has 0 aliphatic heterocycles. The lowest BCUT2D eigenvalue weighted by molar-refractivity contribution is -0.143. The topological polar surface area (TPSA) is 525 Å². The molecule has 0 aliphatic carbocycles. The molecule has 0 rings (SSSR count). The molecule has 0 aromatic carbocycles. The van der Waals surface area contributed by atoms with E-state index in [9.17, 15) is 82.8 Å². The second-order valence-electron chi connectivity index (χ2n) is 21.2. The Balaban J connectivity index is 5.58. The zero-order valence-electron chi connectivity index (χ0n) is 49.2. The highest BCUT2D eigenvalue weighted by molar-refractivity contribution is 5.99. The van der Waals surface area contributed by atoms with E-state index in [4.69, 9.17) is 17.2 Å². The summed E-state index contributed by atoms with van der Waals surface area (Å²) in [5.74, 6) is -13.0. The smallest absolute Gasteiger partial charge is 0.328 e. The molecular formula is C51H93N15O17. The molecule has 0 fully saturated rings. The largest absolute Gasteiger partial charge is 0.480 e. The van der Waals surface area contributed by atoms with Crippen LogP contribution in [0.2, 0.25) is 0 Å². The summed E-state index contributed by atoms with van der Waals surface area (Å²) in [6.45, 7) is 12.3. The van der Waals surface area contributed by atoms with Crippen molar-refractivity contribution in [3.05, 3.63) is 0 Å². The lowest BCUT2D eigenvalue weighted by atomic mass is 10.0. The molecule has 32 heteroatoms. The first kappa shape index (κ1) is 75.9. The number of aliphatic hydroxyl groups excluding tert-OH is 3. The van der Waals surface area contributed by atoms with Crippen LogP contribution in [0, 0.1) is 17.8 Å². The van der Waals surface area contributed by atoms with Gasteiger partial charge in [-0.1, -0.05) is 41.5 Å². The fourth-order valence-electron chi connectivity index (χ4n) is 7.41. The molecule has 0 saturated carbocycles. The maximum Gasteiger partial charge on any atom is 0.328 e. The molecule has 0 unspecified atom stereocenters. The Hall–Kier alpha value is -7.13. The van der Waals surface area contributed by atoms with Gasteiger partial charge in [0.1, 0.15) is 60.4 Å². The van der Waals surface area contributed by atoms with Gasteiger partial charge in [-0.2, -0.15) is 0 Å². The van der Waals surface area contributed by atoms with Crippen molar-refractivity contribution in [2.45, 2.75) is 187 Å². The second kappa shape index (κ2) is 39.4. The van der Waals surface area contributed by atoms with Crippen molar-refractivity contribution in [3.63, 3.8) is 0 Å². The van der Waals surface area contributed by atoms with Gasteiger partial charge >= 0.3 is 5.97 Å². The van der Waals surface area contributed by atoms with E-state index in [1.165, 1.54) is 27.7 Å². The van der Waals surface area contributed by atoms with E-state index in [1.807, 2.05) is 0 Å². The van der Waals surface area contributed by atoms with E-state index in [2.05, 4.69) is 63.8 Å². The van der Waals surface area contributed by atoms with Crippen molar-refractivity contribution >= 4 is 76.9 Å². The van der Waals surface area contributed by atoms with Gasteiger partial charge in [0.2, 0.25) is 70.9 Å². The maximum absolute atomic E-state index is 13.6. The van der Waals surface area contributed by atoms with Crippen LogP contribution in [-0.2, 0) is 62.3 Å². The number of rotatable bonds is 40. The molecule has 12 atom stereocenters. The van der Waals surface area contributed by atoms with Gasteiger partial charge in [-0.15, -0.1) is 0 Å². The van der Waals surface area contributed by atoms with E-state index in [-0.39, 0.29) is 37.6 Å². The summed E-state index contributed by atoms with van der Waals surface area (Å²) in [5.41, 5.74) is 17.1. The monoisotopic (exact) mass is 1190 g/mol. The quantitative estimate of drug-likeness (QED) is 0.0253. The highest BCUT2D eigenvalue weighted by Crippen LogP contribution is 2.11. The number of amides is 12. The SMILES string of the molecule is CC(C)C[C@H](NC(=O)[C@H](CCCCN)NC(=O)[C@H](CO)NC(=O)[C@H](C)NC(=O)[C@H](C)NC(=O)CNC(=O)CNC(=O)[C@@H](NC(=O)[C@@H](NC(=O)[C@H](CCCCN)NC(=O)[C@H](C)NC(=O)[C@@H](N)C(C)C)C(C)C)[C@@H](C)O)C(=O)N[C@@H](CO)C(=O)O. The van der Waals surface area contributed by atoms with Crippen molar-refractivity contribution in [3.8, 4) is 0 Å². The Morgan fingerprint density at radius 1 is 0.398 bits per heavy atom. The molecule has 0 aromatic heterocycles. The highest BCUT2D eigenvalue weighted by atomic mass is 16.4. The standard InChI is InChI=1S/C51H93N15O17/c1-24(2)19-33(46(77)64-35(23-68)51(82)83)62-44(75)31(15-11-13-17-52)61-47(78)34(22-67)63-43(74)28(8)58-41(72)27(7)57-37(71)21-55-36(70)20-56-49(80)40(30(10)69)66-50(81)39(26(5)6)65-45(76)32(16-12-14-18-53)60-42(73)29(9)59-48(79)38(54)25(3)4/h24-35,38-40,67-69H,11-23,52-54H2,1-10H3,(H,55,70)(H,56,80)(H,57,71)(H,58,72)(H,59,79)(H,60,73)(H,61,78)(H,62,75)(H,63,74)(H,64,77)(H,65,76)(H,66,81)(H,82,83)/t27-,28-,29-,30+,31-,32-,33-,34-,35-,38-,39-,40-/m0/s1. The third kappa shape index (κ3) is 29.1. The molecular weight excluding hydrogens is 1090 g/mol. The number of hydrogen-bond acceptors (Lipinski definition) is 19. The number of carbonyl (C=O) groups excluding carboxylic acids is 12. The molecule has 22 N–H and O–H groups in total. The lowest BCUT2D eigenvalue weighted by Gasteiger charge is -2.28. The first-order chi connectivity index (χ1) is 38.8. The number of aliphatic carboxylic acids is 1. The first-order valence-corrected chi connectivity index (χ1v) is 27.6. The van der Waals surface area contributed by atoms with Gasteiger partial charge in [0.15, 0.2) is 0 Å². The number of unbranched alkanes of at least 4 members (excludes halogenated alkanes) is 2. The minimum absolute atomic E-state index is 0.0108. The number of carbonyl (C=O) groups is 13. The van der Waals surface area contributed by atoms with E-state index in [0.29, 0.717) is 32.2 Å². The van der Waals surface area contributed by atoms with Crippen LogP contribution >= 0.6 is 0 Å². The van der Waals surface area contributed by atoms with Gasteiger partial charge in [-0.3, -0.25) is 57.5 Å². The van der Waals surface area contributed by atoms with Crippen molar-refractivity contribution in [1.82, 2.24) is 63.8 Å². The van der Waals surface area contributed by atoms with Crippen molar-refractivity contribution in [2.24, 2.45) is 35.0 Å². The Bertz CT molecular complexity index is 2190. The summed E-state index contributed by atoms with van der Waals surface area (Å²) in [7, 11) is 0. The Morgan fingerprint density at radius 2 is 0.795 bits per heavy atom. The molecule has 32 nitrogen and oxygen atoms in total. The summed E-state index contributed by atoms with van der Waals surface area (Å²) in [5, 5.41) is 67.6. The molecule has 0 spiro atoms. The number of carboxylic acid groups (broad SMARTS) is 1. The van der Waals surface area contributed by atoms with Crippen LogP contribution in [0.3, 0.4) is 0 Å². The molecule has 12 amide bonds. The first-order valence-electron chi connectivity index (χ1n) is 27.6. The lowest BCUT2D eigenvalue weighted by Crippen LogP contribution is -2.61. The normalized spacial score (nSPS) is 15.6. The van der Waals surface area contributed by atoms with Crippen LogP contribution in [0.4, 0.5) is 0 Å². The summed E-state index contributed by atoms with van der Waals surface area (Å²) in [6, 6.07) is -14.8. The predicted octanol–water partition coefficient (Wildman–Crippen LogP) is -7.48. The summed E-state index contributed by atoms with van der Waals surface area (Å²) >= 11 is 0. The molecule has 0 radical (unpaired) electrons. The third-order valence-corrected chi connectivity index (χ3v) is 12.6. The number of aliphatic hydroxyl groups is 3. The zero-order chi connectivity index (χ0) is 63.8. The van der Waals surface area contributed by atoms with Crippen molar-refractivity contribution in [1.29, 1.82) is 0 Å². The minimum atomic E-state index is -1.67. The van der Waals surface area contributed by atoms with Gasteiger partial charge in [0.05, 0.1) is 38.4 Å². The summed E-state index contributed by atoms with van der Waals surface area (Å²) in [4.78, 5) is 169. The van der Waals surface area contributed by atoms with Crippen LogP contribution in [0.15, 0.2) is 0 Å². The second-order valence-corrected chi connectivity index (χ2v) is 21.2. The van der Waals surface area contributed by atoms with Crippen LogP contribution in [0.1, 0.15) is 114 Å². The zero-order valence-corrected chi connectivity index (χ0v) is 49.2. The Morgan fingerprint density at radius 3 is 1.25 bits per heavy atom. The maximum atomic E-state index is 13.6. The number of nitrogens with two attached hydrogens (primary N) is 3. The van der Waals surface area contributed by atoms with Gasteiger partial charge in [-0.05, 0) is 103 Å². The molecule has 0 aromatic rings. The van der Waals surface area contributed by atoms with Crippen LogP contribution < -0.4 is 81.0 Å². The molecule has 0 bridgehead atoms. The van der Waals surface area contributed by atoms with Crippen LogP contribution in [0.5, 0.6) is 0 Å². The number of carboxylic acids is 1. The summed E-state index contributed by atoms with van der Waals surface area (Å²) in [6.07, 6.45) is 0.232. The minimum Gasteiger partial charge on any atom is -0.480 e. The van der Waals surface area contributed by atoms with Crippen LogP contribution in [0.25, 0.3) is 0 Å². The van der Waals surface area contributed by atoms with Crippen molar-refractivity contribution < 1.29 is 82.8 Å². The van der Waals surface area contributed by atoms with E-state index in [0.717, 1.165) is 0 Å². The molecule has 474 valence electrons. The average Bonchev–Trinajstić information content (AvgIpc) is 3.43. The van der Waals surface area contributed by atoms with Gasteiger partial charge in [0.25, 0.3) is 0 Å². The van der Waals surface area contributed by atoms with Gasteiger partial charge < -0.3 is 101 Å². The molecule has 0 saturated heterocycles. The Labute approximate surface area is 483 Å². The average molecular weight is 1190 g/mol. The van der Waals surface area contributed by atoms with E-state index >= 15 is 0 Å². The third-order valence-electron chi connectivity index (χ3n) is 12.6. The van der Waals surface area contributed by atoms with Gasteiger partial charge in [-0.25, -0.2) is 4.79 Å². The van der Waals surface area contributed by atoms with Crippen LogP contribution in [-0.4, -0.2) is 209 Å². The fourth-order valence-corrected chi connectivity index (χ4v) is 7.41. The molecule has 0 heterocycles. The van der Waals surface area contributed by atoms with E-state index < -0.39 is 182 Å². The summed E-state index contributed by atoms with van der Waals surface area (Å²) < 4.78 is 0.